The van der Waals surface area contributed by atoms with Gasteiger partial charge < -0.3 is 9.73 Å². The molecule has 0 bridgehead atoms. The van der Waals surface area contributed by atoms with Crippen LogP contribution in [0.1, 0.15) is 11.3 Å². The number of amides is 3. The molecule has 12 heteroatoms. The number of hydrogen-bond donors (Lipinski definition) is 1. The topological polar surface area (TPSA) is 123 Å². The van der Waals surface area contributed by atoms with Crippen molar-refractivity contribution in [1.82, 2.24) is 4.90 Å². The molecule has 0 unspecified atom stereocenters. The number of imide groups is 1. The lowest BCUT2D eigenvalue weighted by atomic mass is 10.1. The van der Waals surface area contributed by atoms with Gasteiger partial charge >= 0.3 is 0 Å². The van der Waals surface area contributed by atoms with Crippen LogP contribution in [0.3, 0.4) is 0 Å². The van der Waals surface area contributed by atoms with Gasteiger partial charge in [0, 0.05) is 27.9 Å². The number of benzene rings is 2. The van der Waals surface area contributed by atoms with E-state index in [1.807, 2.05) is 0 Å². The second kappa shape index (κ2) is 9.95. The maximum Gasteiger partial charge on any atom is 0.294 e. The highest BCUT2D eigenvalue weighted by Gasteiger charge is 2.36. The first-order chi connectivity index (χ1) is 16.6. The third-order valence-corrected chi connectivity index (χ3v) is 6.35. The molecule has 0 aliphatic carbocycles. The van der Waals surface area contributed by atoms with Gasteiger partial charge in [-0.25, -0.2) is 0 Å². The molecule has 3 amide bonds. The molecule has 1 fully saturated rings. The van der Waals surface area contributed by atoms with Gasteiger partial charge in [0.25, 0.3) is 16.8 Å². The van der Waals surface area contributed by atoms with E-state index in [2.05, 4.69) is 5.32 Å². The third-order valence-electron chi connectivity index (χ3n) is 4.97. The second-order valence-electron chi connectivity index (χ2n) is 7.40. The average Bonchev–Trinajstić information content (AvgIpc) is 3.36. The van der Waals surface area contributed by atoms with E-state index in [1.165, 1.54) is 36.4 Å². The van der Waals surface area contributed by atoms with E-state index in [0.29, 0.717) is 22.5 Å². The Hall–Kier alpha value is -3.60. The molecular weight excluding hydrogens is 517 g/mol. The van der Waals surface area contributed by atoms with Crippen molar-refractivity contribution in [2.45, 2.75) is 6.92 Å². The lowest BCUT2D eigenvalue weighted by Gasteiger charge is -2.13. The van der Waals surface area contributed by atoms with Crippen LogP contribution in [-0.4, -0.2) is 33.4 Å². The van der Waals surface area contributed by atoms with E-state index < -0.39 is 28.5 Å². The Morgan fingerprint density at radius 2 is 1.86 bits per heavy atom. The van der Waals surface area contributed by atoms with Gasteiger partial charge in [-0.2, -0.15) is 0 Å². The minimum Gasteiger partial charge on any atom is -0.456 e. The first kappa shape index (κ1) is 24.5. The molecule has 2 heterocycles. The van der Waals surface area contributed by atoms with Gasteiger partial charge in [0.15, 0.2) is 0 Å². The van der Waals surface area contributed by atoms with Crippen molar-refractivity contribution in [3.05, 3.63) is 84.9 Å². The number of hydrogen-bond acceptors (Lipinski definition) is 7. The molecule has 2 aromatic carbocycles. The number of anilines is 1. The molecule has 178 valence electrons. The Balaban J connectivity index is 1.50. The molecule has 1 aliphatic rings. The summed E-state index contributed by atoms with van der Waals surface area (Å²) in [6, 6.07) is 12.2. The number of nitrogens with one attached hydrogen (secondary N) is 1. The van der Waals surface area contributed by atoms with Crippen LogP contribution in [0.2, 0.25) is 10.0 Å². The summed E-state index contributed by atoms with van der Waals surface area (Å²) >= 11 is 12.5. The molecule has 1 aliphatic heterocycles. The summed E-state index contributed by atoms with van der Waals surface area (Å²) in [5.41, 5.74) is 1.22. The normalized spacial score (nSPS) is 14.6. The lowest BCUT2D eigenvalue weighted by molar-refractivity contribution is -0.384. The van der Waals surface area contributed by atoms with Crippen molar-refractivity contribution in [2.75, 3.05) is 11.9 Å². The zero-order valence-electron chi connectivity index (χ0n) is 17.9. The summed E-state index contributed by atoms with van der Waals surface area (Å²) in [6.45, 7) is 1.30. The van der Waals surface area contributed by atoms with Crippen LogP contribution >= 0.6 is 35.0 Å². The van der Waals surface area contributed by atoms with E-state index >= 15 is 0 Å². The Labute approximate surface area is 212 Å². The molecule has 1 N–H and O–H groups in total. The van der Waals surface area contributed by atoms with E-state index in [4.69, 9.17) is 27.6 Å². The number of furan rings is 1. The number of nitro groups is 1. The first-order valence-corrected chi connectivity index (χ1v) is 11.5. The Morgan fingerprint density at radius 3 is 2.60 bits per heavy atom. The predicted molar refractivity (Wildman–Crippen MR) is 133 cm³/mol. The number of rotatable bonds is 6. The minimum absolute atomic E-state index is 0.0493. The van der Waals surface area contributed by atoms with E-state index in [9.17, 15) is 24.5 Å². The number of thioether (sulfide) groups is 1. The van der Waals surface area contributed by atoms with Gasteiger partial charge in [-0.3, -0.25) is 29.4 Å². The molecule has 3 aromatic rings. The van der Waals surface area contributed by atoms with Crippen molar-refractivity contribution >= 4 is 69.5 Å². The van der Waals surface area contributed by atoms with Crippen molar-refractivity contribution < 1.29 is 23.7 Å². The molecule has 0 radical (unpaired) electrons. The summed E-state index contributed by atoms with van der Waals surface area (Å²) in [5.74, 6) is -0.827. The SMILES string of the molecule is Cc1ccc(Cl)cc1NC(=O)CN1C(=O)S/C(=C/c2ccc(-c3ccc(Cl)cc3[N+](=O)[O-])o2)C1=O. The second-order valence-corrected chi connectivity index (χ2v) is 9.26. The van der Waals surface area contributed by atoms with Crippen LogP contribution in [0.5, 0.6) is 0 Å². The molecule has 9 nitrogen and oxygen atoms in total. The van der Waals surface area contributed by atoms with Crippen LogP contribution in [0.15, 0.2) is 57.9 Å². The standard InChI is InChI=1S/C23H15Cl2N3O6S/c1-12-2-3-13(24)8-17(12)26-21(29)11-27-22(30)20(35-23(27)31)10-15-5-7-19(34-15)16-6-4-14(25)9-18(16)28(32)33/h2-10H,11H2,1H3,(H,26,29)/b20-10+. The predicted octanol–water partition coefficient (Wildman–Crippen LogP) is 6.15. The summed E-state index contributed by atoms with van der Waals surface area (Å²) in [5, 5.41) is 14.0. The van der Waals surface area contributed by atoms with Crippen molar-refractivity contribution in [1.29, 1.82) is 0 Å². The number of nitro benzene ring substituents is 1. The molecule has 0 spiro atoms. The molecule has 0 atom stereocenters. The molecule has 0 saturated carbocycles. The number of aryl methyl sites for hydroxylation is 1. The Morgan fingerprint density at radius 1 is 1.14 bits per heavy atom. The molecular formula is C23H15Cl2N3O6S. The lowest BCUT2D eigenvalue weighted by Crippen LogP contribution is -2.36. The molecule has 35 heavy (non-hydrogen) atoms. The largest absolute Gasteiger partial charge is 0.456 e. The van der Waals surface area contributed by atoms with Crippen LogP contribution in [-0.2, 0) is 9.59 Å². The zero-order valence-corrected chi connectivity index (χ0v) is 20.2. The van der Waals surface area contributed by atoms with Crippen LogP contribution < -0.4 is 5.32 Å². The number of carbonyl (C=O) groups excluding carboxylic acids is 3. The van der Waals surface area contributed by atoms with Gasteiger partial charge in [-0.1, -0.05) is 29.3 Å². The summed E-state index contributed by atoms with van der Waals surface area (Å²) in [4.78, 5) is 49.2. The molecule has 1 aromatic heterocycles. The fourth-order valence-electron chi connectivity index (χ4n) is 3.27. The maximum atomic E-state index is 12.8. The monoisotopic (exact) mass is 531 g/mol. The quantitative estimate of drug-likeness (QED) is 0.230. The third kappa shape index (κ3) is 5.40. The Bertz CT molecular complexity index is 1420. The minimum atomic E-state index is -0.659. The number of nitrogens with zero attached hydrogens (tertiary/aromatic N) is 2. The summed E-state index contributed by atoms with van der Waals surface area (Å²) in [6.07, 6.45) is 1.34. The molecule has 1 saturated heterocycles. The van der Waals surface area contributed by atoms with Gasteiger partial charge in [0.1, 0.15) is 18.1 Å². The number of carbonyl (C=O) groups is 3. The van der Waals surface area contributed by atoms with Gasteiger partial charge in [0.05, 0.1) is 15.4 Å². The first-order valence-electron chi connectivity index (χ1n) is 9.98. The van der Waals surface area contributed by atoms with Crippen molar-refractivity contribution in [2.24, 2.45) is 0 Å². The zero-order chi connectivity index (χ0) is 25.3. The van der Waals surface area contributed by atoms with Gasteiger partial charge in [0.2, 0.25) is 5.91 Å². The smallest absolute Gasteiger partial charge is 0.294 e. The van der Waals surface area contributed by atoms with Gasteiger partial charge in [-0.05, 0) is 60.6 Å². The fraction of sp³-hybridized carbons (Fsp3) is 0.0870. The fourth-order valence-corrected chi connectivity index (χ4v) is 4.42. The van der Waals surface area contributed by atoms with Crippen LogP contribution in [0, 0.1) is 17.0 Å². The van der Waals surface area contributed by atoms with Crippen molar-refractivity contribution in [3.63, 3.8) is 0 Å². The van der Waals surface area contributed by atoms with Crippen LogP contribution in [0.4, 0.5) is 16.2 Å². The van der Waals surface area contributed by atoms with E-state index in [0.717, 1.165) is 10.5 Å². The Kier molecular flexibility index (Phi) is 6.97. The number of halogens is 2. The average molecular weight is 532 g/mol. The maximum absolute atomic E-state index is 12.8. The summed E-state index contributed by atoms with van der Waals surface area (Å²) < 4.78 is 5.65. The summed E-state index contributed by atoms with van der Waals surface area (Å²) in [7, 11) is 0. The van der Waals surface area contributed by atoms with Crippen LogP contribution in [0.25, 0.3) is 17.4 Å². The highest BCUT2D eigenvalue weighted by atomic mass is 35.5. The highest BCUT2D eigenvalue weighted by Crippen LogP contribution is 2.36. The van der Waals surface area contributed by atoms with E-state index in [-0.39, 0.29) is 32.7 Å². The van der Waals surface area contributed by atoms with Gasteiger partial charge in [-0.15, -0.1) is 0 Å². The van der Waals surface area contributed by atoms with E-state index in [1.54, 1.807) is 25.1 Å². The van der Waals surface area contributed by atoms with Crippen molar-refractivity contribution in [3.8, 4) is 11.3 Å². The molecule has 4 rings (SSSR count). The highest BCUT2D eigenvalue weighted by molar-refractivity contribution is 8.18.